The van der Waals surface area contributed by atoms with Crippen LogP contribution in [0.25, 0.3) is 10.9 Å². The largest absolute Gasteiger partial charge is 0.376 e. The van der Waals surface area contributed by atoms with E-state index >= 15 is 0 Å². The molecule has 7 heteroatoms. The molecule has 1 saturated heterocycles. The van der Waals surface area contributed by atoms with E-state index in [9.17, 15) is 4.39 Å². The molecule has 0 aliphatic carbocycles. The third kappa shape index (κ3) is 3.90. The van der Waals surface area contributed by atoms with Gasteiger partial charge in [-0.05, 0) is 62.8 Å². The summed E-state index contributed by atoms with van der Waals surface area (Å²) >= 11 is 12.4. The Balaban J connectivity index is 1.55. The number of aromatic amines is 1. The van der Waals surface area contributed by atoms with Gasteiger partial charge in [-0.2, -0.15) is 5.10 Å². The van der Waals surface area contributed by atoms with Crippen molar-refractivity contribution in [2.75, 3.05) is 26.7 Å². The lowest BCUT2D eigenvalue weighted by atomic mass is 9.73. The number of H-pyrrole nitrogens is 1. The van der Waals surface area contributed by atoms with Crippen LogP contribution in [-0.4, -0.2) is 41.8 Å². The minimum Gasteiger partial charge on any atom is -0.376 e. The van der Waals surface area contributed by atoms with Gasteiger partial charge in [-0.15, -0.1) is 0 Å². The summed E-state index contributed by atoms with van der Waals surface area (Å²) in [7, 11) is 2.12. The van der Waals surface area contributed by atoms with E-state index in [1.165, 1.54) is 12.1 Å². The second kappa shape index (κ2) is 7.99. The third-order valence-corrected chi connectivity index (χ3v) is 6.20. The minimum absolute atomic E-state index is 0.124. The van der Waals surface area contributed by atoms with Crippen LogP contribution in [0, 0.1) is 5.82 Å². The first-order valence-electron chi connectivity index (χ1n) is 9.31. The van der Waals surface area contributed by atoms with Gasteiger partial charge < -0.3 is 9.64 Å². The molecule has 2 aromatic carbocycles. The van der Waals surface area contributed by atoms with Crippen LogP contribution in [-0.2, 0) is 16.8 Å². The molecule has 4 nitrogen and oxygen atoms in total. The molecule has 1 aliphatic rings. The molecular weight excluding hydrogens is 400 g/mol. The summed E-state index contributed by atoms with van der Waals surface area (Å²) in [6.07, 6.45) is 1.93. The van der Waals surface area contributed by atoms with Crippen LogP contribution < -0.4 is 0 Å². The Morgan fingerprint density at radius 2 is 1.89 bits per heavy atom. The molecular formula is C21H22Cl2FN3O. The average Bonchev–Trinajstić information content (AvgIpc) is 3.05. The molecule has 0 unspecified atom stereocenters. The predicted molar refractivity (Wildman–Crippen MR) is 111 cm³/mol. The van der Waals surface area contributed by atoms with Crippen molar-refractivity contribution in [2.24, 2.45) is 0 Å². The zero-order valence-corrected chi connectivity index (χ0v) is 17.2. The smallest absolute Gasteiger partial charge is 0.132 e. The van der Waals surface area contributed by atoms with Gasteiger partial charge in [0, 0.05) is 21.4 Å². The maximum absolute atomic E-state index is 13.4. The summed E-state index contributed by atoms with van der Waals surface area (Å²) in [5, 5.41) is 8.92. The lowest BCUT2D eigenvalue weighted by Gasteiger charge is -2.41. The molecule has 1 aromatic heterocycles. The van der Waals surface area contributed by atoms with Crippen molar-refractivity contribution in [3.63, 3.8) is 0 Å². The lowest BCUT2D eigenvalue weighted by Crippen LogP contribution is -2.43. The van der Waals surface area contributed by atoms with Crippen molar-refractivity contribution < 1.29 is 9.13 Å². The molecule has 0 radical (unpaired) electrons. The maximum Gasteiger partial charge on any atom is 0.132 e. The first-order chi connectivity index (χ1) is 13.5. The highest BCUT2D eigenvalue weighted by atomic mass is 35.5. The molecule has 1 N–H and O–H groups in total. The number of benzene rings is 2. The number of nitrogens with one attached hydrogen (secondary N) is 1. The number of fused-ring (bicyclic) bond motifs is 1. The Labute approximate surface area is 173 Å². The van der Waals surface area contributed by atoms with Gasteiger partial charge in [0.05, 0.1) is 18.7 Å². The number of halogens is 3. The highest BCUT2D eigenvalue weighted by Crippen LogP contribution is 2.36. The van der Waals surface area contributed by atoms with Crippen molar-refractivity contribution >= 4 is 34.1 Å². The number of nitrogens with zero attached hydrogens (tertiary/aromatic N) is 2. The van der Waals surface area contributed by atoms with Crippen molar-refractivity contribution in [3.8, 4) is 0 Å². The van der Waals surface area contributed by atoms with Crippen LogP contribution in [0.1, 0.15) is 24.0 Å². The number of hydrogen-bond acceptors (Lipinski definition) is 3. The summed E-state index contributed by atoms with van der Waals surface area (Å²) in [5.74, 6) is -0.218. The zero-order chi connectivity index (χ0) is 19.7. The van der Waals surface area contributed by atoms with Crippen molar-refractivity contribution in [3.05, 3.63) is 63.5 Å². The number of aromatic nitrogens is 2. The van der Waals surface area contributed by atoms with Gasteiger partial charge in [-0.1, -0.05) is 35.3 Å². The number of rotatable bonds is 5. The van der Waals surface area contributed by atoms with Crippen molar-refractivity contribution in [1.82, 2.24) is 15.1 Å². The molecule has 0 amide bonds. The predicted octanol–water partition coefficient (Wildman–Crippen LogP) is 5.19. The second-order valence-electron chi connectivity index (χ2n) is 7.58. The van der Waals surface area contributed by atoms with Crippen LogP contribution in [0.15, 0.2) is 36.4 Å². The van der Waals surface area contributed by atoms with Gasteiger partial charge in [0.15, 0.2) is 0 Å². The quantitative estimate of drug-likeness (QED) is 0.616. The first-order valence-corrected chi connectivity index (χ1v) is 10.1. The molecule has 2 heterocycles. The van der Waals surface area contributed by atoms with Gasteiger partial charge in [-0.3, -0.25) is 5.10 Å². The summed E-state index contributed by atoms with van der Waals surface area (Å²) < 4.78 is 19.6. The molecule has 0 bridgehead atoms. The monoisotopic (exact) mass is 421 g/mol. The van der Waals surface area contributed by atoms with Crippen LogP contribution in [0.5, 0.6) is 0 Å². The summed E-state index contributed by atoms with van der Waals surface area (Å²) in [6.45, 7) is 2.91. The molecule has 4 rings (SSSR count). The van der Waals surface area contributed by atoms with E-state index in [0.717, 1.165) is 48.0 Å². The summed E-state index contributed by atoms with van der Waals surface area (Å²) in [6, 6.07) is 10.5. The lowest BCUT2D eigenvalue weighted by molar-refractivity contribution is 0.0411. The number of likely N-dealkylation sites (tertiary alicyclic amines) is 1. The van der Waals surface area contributed by atoms with Gasteiger partial charge in [0.2, 0.25) is 0 Å². The van der Waals surface area contributed by atoms with Crippen LogP contribution >= 0.6 is 23.2 Å². The number of piperidine rings is 1. The molecule has 1 fully saturated rings. The van der Waals surface area contributed by atoms with Crippen LogP contribution in [0.2, 0.25) is 10.2 Å². The fraction of sp³-hybridized carbons (Fsp3) is 0.381. The normalized spacial score (nSPS) is 17.3. The number of hydrogen-bond donors (Lipinski definition) is 1. The van der Waals surface area contributed by atoms with Gasteiger partial charge >= 0.3 is 0 Å². The Bertz CT molecular complexity index is 966. The molecule has 148 valence electrons. The zero-order valence-electron chi connectivity index (χ0n) is 15.6. The van der Waals surface area contributed by atoms with E-state index in [0.29, 0.717) is 23.4 Å². The Kier molecular flexibility index (Phi) is 5.61. The Hall–Kier alpha value is -1.66. The standard InChI is InChI=1S/C21H22Cl2FN3O/c1-27-8-6-21(7-9-27,15-2-4-17(24)5-3-15)13-28-12-14-10-16(22)11-18-19(14)25-26-20(18)23/h2-5,10-11H,6-9,12-13H2,1H3,(H,25,26). The second-order valence-corrected chi connectivity index (χ2v) is 8.40. The van der Waals surface area contributed by atoms with E-state index in [-0.39, 0.29) is 11.2 Å². The SMILES string of the molecule is CN1CCC(COCc2cc(Cl)cc3c(Cl)[nH]nc23)(c2ccc(F)cc2)CC1. The molecule has 28 heavy (non-hydrogen) atoms. The highest BCUT2D eigenvalue weighted by molar-refractivity contribution is 6.36. The van der Waals surface area contributed by atoms with E-state index in [1.54, 1.807) is 6.07 Å². The molecule has 1 aliphatic heterocycles. The molecule has 0 saturated carbocycles. The molecule has 3 aromatic rings. The van der Waals surface area contributed by atoms with Crippen molar-refractivity contribution in [1.29, 1.82) is 0 Å². The maximum atomic E-state index is 13.4. The van der Waals surface area contributed by atoms with E-state index in [4.69, 9.17) is 27.9 Å². The molecule has 0 spiro atoms. The van der Waals surface area contributed by atoms with E-state index in [1.807, 2.05) is 18.2 Å². The fourth-order valence-corrected chi connectivity index (χ4v) is 4.38. The number of ether oxygens (including phenoxy) is 1. The van der Waals surface area contributed by atoms with E-state index < -0.39 is 0 Å². The van der Waals surface area contributed by atoms with Gasteiger partial charge in [0.25, 0.3) is 0 Å². The van der Waals surface area contributed by atoms with Crippen LogP contribution in [0.4, 0.5) is 4.39 Å². The Morgan fingerprint density at radius 3 is 2.61 bits per heavy atom. The Morgan fingerprint density at radius 1 is 1.18 bits per heavy atom. The van der Waals surface area contributed by atoms with Crippen molar-refractivity contribution in [2.45, 2.75) is 24.9 Å². The van der Waals surface area contributed by atoms with Gasteiger partial charge in [0.1, 0.15) is 11.0 Å². The first kappa shape index (κ1) is 19.6. The summed E-state index contributed by atoms with van der Waals surface area (Å²) in [4.78, 5) is 2.31. The van der Waals surface area contributed by atoms with Gasteiger partial charge in [-0.25, -0.2) is 4.39 Å². The topological polar surface area (TPSA) is 41.1 Å². The molecule has 0 atom stereocenters. The third-order valence-electron chi connectivity index (χ3n) is 5.69. The summed E-state index contributed by atoms with van der Waals surface area (Å²) in [5.41, 5.74) is 2.67. The fourth-order valence-electron chi connectivity index (χ4n) is 3.95. The highest BCUT2D eigenvalue weighted by Gasteiger charge is 2.35. The minimum atomic E-state index is -0.218. The average molecular weight is 422 g/mol. The van der Waals surface area contributed by atoms with E-state index in [2.05, 4.69) is 22.1 Å². The van der Waals surface area contributed by atoms with Crippen LogP contribution in [0.3, 0.4) is 0 Å².